The second-order valence-corrected chi connectivity index (χ2v) is 8.80. The largest absolute Gasteiger partial charge is 0.497 e. The number of piperidine rings is 2. The van der Waals surface area contributed by atoms with Gasteiger partial charge in [-0.05, 0) is 93.2 Å². The minimum Gasteiger partial charge on any atom is -0.497 e. The van der Waals surface area contributed by atoms with Gasteiger partial charge in [-0.15, -0.1) is 0 Å². The zero-order valence-electron chi connectivity index (χ0n) is 19.2. The zero-order chi connectivity index (χ0) is 23.0. The number of rotatable bonds is 8. The van der Waals surface area contributed by atoms with Crippen LogP contribution in [0.15, 0.2) is 48.5 Å². The van der Waals surface area contributed by atoms with Crippen LogP contribution in [0.25, 0.3) is 0 Å². The molecule has 2 unspecified atom stereocenters. The normalized spacial score (nSPS) is 20.4. The summed E-state index contributed by atoms with van der Waals surface area (Å²) in [5.41, 5.74) is 1.22. The van der Waals surface area contributed by atoms with Crippen molar-refractivity contribution in [2.24, 2.45) is 5.92 Å². The van der Waals surface area contributed by atoms with Gasteiger partial charge in [0.1, 0.15) is 11.5 Å². The van der Waals surface area contributed by atoms with Gasteiger partial charge in [-0.25, -0.2) is 0 Å². The number of hydrogen-bond acceptors (Lipinski definition) is 5. The number of nitrogens with one attached hydrogen (secondary N) is 2. The van der Waals surface area contributed by atoms with Crippen LogP contribution in [0.4, 0.5) is 5.69 Å². The van der Waals surface area contributed by atoms with E-state index in [2.05, 4.69) is 15.5 Å². The Balaban J connectivity index is 1.22. The third kappa shape index (κ3) is 6.26. The second kappa shape index (κ2) is 11.2. The van der Waals surface area contributed by atoms with E-state index in [1.165, 1.54) is 45.2 Å². The molecule has 2 saturated heterocycles. The van der Waals surface area contributed by atoms with Crippen LogP contribution in [0.1, 0.15) is 42.5 Å². The van der Waals surface area contributed by atoms with Crippen molar-refractivity contribution in [2.75, 3.05) is 38.7 Å². The molecule has 2 aromatic carbocycles. The standard InChI is InChI=1S/C26H33N3O4/c1-32-22-11-13-23(14-12-22)33-18-25(30)28-21-9-7-19(8-10-21)26(31)27-17-20-5-4-16-29-15-3-2-6-24(20)29/h7-14,20,24H,2-6,15-18H2,1H3,(H,27,31)(H,28,30). The summed E-state index contributed by atoms with van der Waals surface area (Å²) in [5, 5.41) is 5.92. The quantitative estimate of drug-likeness (QED) is 0.640. The Morgan fingerprint density at radius 3 is 2.42 bits per heavy atom. The van der Waals surface area contributed by atoms with Crippen molar-refractivity contribution in [1.29, 1.82) is 0 Å². The number of benzene rings is 2. The molecular formula is C26H33N3O4. The molecule has 0 spiro atoms. The van der Waals surface area contributed by atoms with Crippen molar-refractivity contribution in [1.82, 2.24) is 10.2 Å². The van der Waals surface area contributed by atoms with Gasteiger partial charge in [0.05, 0.1) is 7.11 Å². The molecule has 0 saturated carbocycles. The van der Waals surface area contributed by atoms with Crippen molar-refractivity contribution >= 4 is 17.5 Å². The molecule has 2 heterocycles. The average molecular weight is 452 g/mol. The molecule has 2 amide bonds. The first-order valence-electron chi connectivity index (χ1n) is 11.8. The number of anilines is 1. The lowest BCUT2D eigenvalue weighted by atomic mass is 9.83. The number of carbonyl (C=O) groups excluding carboxylic acids is 2. The molecule has 33 heavy (non-hydrogen) atoms. The maximum atomic E-state index is 12.6. The lowest BCUT2D eigenvalue weighted by Gasteiger charge is -2.44. The first-order chi connectivity index (χ1) is 16.1. The number of hydrogen-bond donors (Lipinski definition) is 2. The Hall–Kier alpha value is -3.06. The van der Waals surface area contributed by atoms with Crippen LogP contribution >= 0.6 is 0 Å². The van der Waals surface area contributed by atoms with Crippen molar-refractivity contribution in [3.05, 3.63) is 54.1 Å². The van der Waals surface area contributed by atoms with Gasteiger partial charge in [-0.1, -0.05) is 6.42 Å². The molecule has 2 fully saturated rings. The first kappa shape index (κ1) is 23.1. The molecule has 0 radical (unpaired) electrons. The third-order valence-corrected chi connectivity index (χ3v) is 6.61. The third-order valence-electron chi connectivity index (χ3n) is 6.61. The number of fused-ring (bicyclic) bond motifs is 1. The lowest BCUT2D eigenvalue weighted by Crippen LogP contribution is -2.51. The molecule has 2 atom stereocenters. The van der Waals surface area contributed by atoms with Crippen LogP contribution < -0.4 is 20.1 Å². The van der Waals surface area contributed by atoms with Crippen LogP contribution in [0, 0.1) is 5.92 Å². The van der Waals surface area contributed by atoms with E-state index in [1.54, 1.807) is 55.6 Å². The van der Waals surface area contributed by atoms with Gasteiger partial charge in [0.15, 0.2) is 6.61 Å². The zero-order valence-corrected chi connectivity index (χ0v) is 19.2. The van der Waals surface area contributed by atoms with E-state index in [9.17, 15) is 9.59 Å². The highest BCUT2D eigenvalue weighted by Gasteiger charge is 2.32. The highest BCUT2D eigenvalue weighted by molar-refractivity contribution is 5.96. The molecule has 0 aliphatic carbocycles. The Morgan fingerprint density at radius 1 is 0.939 bits per heavy atom. The summed E-state index contributed by atoms with van der Waals surface area (Å²) in [5.74, 6) is 1.52. The average Bonchev–Trinajstić information content (AvgIpc) is 2.86. The Kier molecular flexibility index (Phi) is 7.83. The Morgan fingerprint density at radius 2 is 1.67 bits per heavy atom. The van der Waals surface area contributed by atoms with Crippen LogP contribution in [0.3, 0.4) is 0 Å². The van der Waals surface area contributed by atoms with E-state index < -0.39 is 0 Å². The van der Waals surface area contributed by atoms with Gasteiger partial charge in [-0.3, -0.25) is 9.59 Å². The molecule has 0 aromatic heterocycles. The number of ether oxygens (including phenoxy) is 2. The van der Waals surface area contributed by atoms with Crippen molar-refractivity contribution in [3.63, 3.8) is 0 Å². The lowest BCUT2D eigenvalue weighted by molar-refractivity contribution is -0.118. The summed E-state index contributed by atoms with van der Waals surface area (Å²) < 4.78 is 10.6. The maximum Gasteiger partial charge on any atom is 0.262 e. The van der Waals surface area contributed by atoms with Gasteiger partial charge in [0.2, 0.25) is 0 Å². The molecule has 7 nitrogen and oxygen atoms in total. The van der Waals surface area contributed by atoms with Gasteiger partial charge in [0.25, 0.3) is 11.8 Å². The van der Waals surface area contributed by atoms with E-state index >= 15 is 0 Å². The number of nitrogens with zero attached hydrogens (tertiary/aromatic N) is 1. The van der Waals surface area contributed by atoms with Crippen LogP contribution in [-0.4, -0.2) is 56.1 Å². The highest BCUT2D eigenvalue weighted by atomic mass is 16.5. The minimum absolute atomic E-state index is 0.0661. The molecule has 0 bridgehead atoms. The van der Waals surface area contributed by atoms with Crippen molar-refractivity contribution in [2.45, 2.75) is 38.1 Å². The molecule has 2 aliphatic rings. The maximum absolute atomic E-state index is 12.6. The summed E-state index contributed by atoms with van der Waals surface area (Å²) in [4.78, 5) is 27.4. The summed E-state index contributed by atoms with van der Waals surface area (Å²) in [7, 11) is 1.60. The van der Waals surface area contributed by atoms with Crippen molar-refractivity contribution < 1.29 is 19.1 Å². The predicted molar refractivity (Wildman–Crippen MR) is 128 cm³/mol. The van der Waals surface area contributed by atoms with E-state index in [0.29, 0.717) is 29.0 Å². The molecule has 7 heteroatoms. The van der Waals surface area contributed by atoms with E-state index in [0.717, 1.165) is 12.3 Å². The summed E-state index contributed by atoms with van der Waals surface area (Å²) >= 11 is 0. The molecule has 2 aliphatic heterocycles. The van der Waals surface area contributed by atoms with Crippen LogP contribution in [0.2, 0.25) is 0 Å². The molecule has 2 N–H and O–H groups in total. The fraction of sp³-hybridized carbons (Fsp3) is 0.462. The van der Waals surface area contributed by atoms with E-state index in [1.807, 2.05) is 0 Å². The second-order valence-electron chi connectivity index (χ2n) is 8.80. The van der Waals surface area contributed by atoms with Gasteiger partial charge >= 0.3 is 0 Å². The molecule has 176 valence electrons. The SMILES string of the molecule is COc1ccc(OCC(=O)Nc2ccc(C(=O)NCC3CCCN4CCCCC34)cc2)cc1. The van der Waals surface area contributed by atoms with E-state index in [4.69, 9.17) is 9.47 Å². The number of carbonyl (C=O) groups is 2. The first-order valence-corrected chi connectivity index (χ1v) is 11.8. The monoisotopic (exact) mass is 451 g/mol. The molecule has 4 rings (SSSR count). The summed E-state index contributed by atoms with van der Waals surface area (Å²) in [6.07, 6.45) is 6.24. The fourth-order valence-electron chi connectivity index (χ4n) is 4.86. The Labute approximate surface area is 195 Å². The van der Waals surface area contributed by atoms with Crippen LogP contribution in [-0.2, 0) is 4.79 Å². The highest BCUT2D eigenvalue weighted by Crippen LogP contribution is 2.30. The van der Waals surface area contributed by atoms with Gasteiger partial charge in [-0.2, -0.15) is 0 Å². The Bertz CT molecular complexity index is 928. The fourth-order valence-corrected chi connectivity index (χ4v) is 4.86. The predicted octanol–water partition coefficient (Wildman–Crippen LogP) is 3.71. The van der Waals surface area contributed by atoms with E-state index in [-0.39, 0.29) is 18.4 Å². The number of amides is 2. The van der Waals surface area contributed by atoms with Crippen LogP contribution in [0.5, 0.6) is 11.5 Å². The topological polar surface area (TPSA) is 79.9 Å². The minimum atomic E-state index is -0.266. The van der Waals surface area contributed by atoms with Crippen molar-refractivity contribution in [3.8, 4) is 11.5 Å². The summed E-state index contributed by atoms with van der Waals surface area (Å²) in [6.45, 7) is 3.02. The van der Waals surface area contributed by atoms with Gasteiger partial charge < -0.3 is 25.0 Å². The molecule has 2 aromatic rings. The summed E-state index contributed by atoms with van der Waals surface area (Å²) in [6, 6.07) is 14.6. The van der Waals surface area contributed by atoms with Gasteiger partial charge in [0, 0.05) is 23.8 Å². The molecular weight excluding hydrogens is 418 g/mol. The number of methoxy groups -OCH3 is 1. The smallest absolute Gasteiger partial charge is 0.262 e.